The number of benzene rings is 1. The van der Waals surface area contributed by atoms with Crippen LogP contribution in [0, 0.1) is 0 Å². The summed E-state index contributed by atoms with van der Waals surface area (Å²) < 4.78 is 5.04. The van der Waals surface area contributed by atoms with E-state index in [4.69, 9.17) is 20.7 Å². The van der Waals surface area contributed by atoms with Crippen LogP contribution in [0.25, 0.3) is 0 Å². The summed E-state index contributed by atoms with van der Waals surface area (Å²) in [4.78, 5) is 10.9. The number of nitrogens with one attached hydrogen (secondary N) is 1. The molecule has 0 saturated carbocycles. The van der Waals surface area contributed by atoms with Crippen molar-refractivity contribution in [2.75, 3.05) is 7.11 Å². The number of phenolic OH excluding ortho intramolecular Hbond substituents is 1. The molecule has 7 heteroatoms. The van der Waals surface area contributed by atoms with Gasteiger partial charge in [-0.15, -0.1) is 0 Å². The van der Waals surface area contributed by atoms with E-state index in [1.165, 1.54) is 13.2 Å². The average molecular weight is 256 g/mol. The molecule has 0 spiro atoms. The summed E-state index contributed by atoms with van der Waals surface area (Å²) in [6, 6.07) is 3.36. The van der Waals surface area contributed by atoms with E-state index in [-0.39, 0.29) is 12.3 Å². The highest BCUT2D eigenvalue weighted by Crippen LogP contribution is 2.26. The molecule has 6 N–H and O–H groups in total. The van der Waals surface area contributed by atoms with Gasteiger partial charge in [-0.25, -0.2) is 0 Å². The van der Waals surface area contributed by atoms with Crippen LogP contribution in [0.15, 0.2) is 18.2 Å². The highest BCUT2D eigenvalue weighted by Gasteiger charge is 2.23. The number of aliphatic hydroxyl groups is 2. The molecule has 0 aliphatic rings. The van der Waals surface area contributed by atoms with Crippen LogP contribution < -0.4 is 15.8 Å². The largest absolute Gasteiger partial charge is 0.507 e. The molecule has 18 heavy (non-hydrogen) atoms. The van der Waals surface area contributed by atoms with Crippen LogP contribution in [0.5, 0.6) is 11.5 Å². The van der Waals surface area contributed by atoms with Crippen LogP contribution >= 0.6 is 0 Å². The number of hydrogen-bond acceptors (Lipinski definition) is 6. The molecule has 1 aromatic rings. The van der Waals surface area contributed by atoms with Gasteiger partial charge in [-0.3, -0.25) is 10.1 Å². The van der Waals surface area contributed by atoms with E-state index in [1.54, 1.807) is 12.1 Å². The minimum atomic E-state index is -1.92. The van der Waals surface area contributed by atoms with Crippen LogP contribution in [-0.2, 0) is 11.3 Å². The van der Waals surface area contributed by atoms with Crippen molar-refractivity contribution in [3.8, 4) is 11.5 Å². The molecule has 7 nitrogen and oxygen atoms in total. The van der Waals surface area contributed by atoms with Crippen molar-refractivity contribution < 1.29 is 24.9 Å². The molecule has 1 atom stereocenters. The van der Waals surface area contributed by atoms with E-state index in [1.807, 2.05) is 0 Å². The predicted molar refractivity (Wildman–Crippen MR) is 62.7 cm³/mol. The minimum Gasteiger partial charge on any atom is -0.507 e. The third kappa shape index (κ3) is 3.33. The van der Waals surface area contributed by atoms with Crippen LogP contribution in [-0.4, -0.2) is 40.7 Å². The average Bonchev–Trinajstić information content (AvgIpc) is 2.30. The fraction of sp³-hybridized carbons (Fsp3) is 0.364. The second-order valence-electron chi connectivity index (χ2n) is 3.63. The number of amides is 1. The third-order valence-electron chi connectivity index (χ3n) is 2.43. The summed E-state index contributed by atoms with van der Waals surface area (Å²) >= 11 is 0. The number of nitrogens with two attached hydrogens (primary N) is 1. The molecule has 0 aromatic heterocycles. The fourth-order valence-corrected chi connectivity index (χ4v) is 1.49. The molecule has 1 rings (SSSR count). The molecule has 1 aromatic carbocycles. The lowest BCUT2D eigenvalue weighted by molar-refractivity contribution is -0.132. The van der Waals surface area contributed by atoms with Gasteiger partial charge in [0, 0.05) is 12.1 Å². The lowest BCUT2D eigenvalue weighted by Gasteiger charge is -2.18. The van der Waals surface area contributed by atoms with Gasteiger partial charge in [0.05, 0.1) is 7.11 Å². The van der Waals surface area contributed by atoms with E-state index < -0.39 is 18.2 Å². The standard InChI is InChI=1S/C11H16N2O5/c1-18-8-4-2-3-7(14)6(8)5-13-9(10(12)15)11(16)17/h2-4,9,11,13-14,16-17H,5H2,1H3,(H2,12,15). The van der Waals surface area contributed by atoms with Crippen molar-refractivity contribution in [1.29, 1.82) is 0 Å². The Morgan fingerprint density at radius 1 is 1.50 bits per heavy atom. The second-order valence-corrected chi connectivity index (χ2v) is 3.63. The summed E-state index contributed by atoms with van der Waals surface area (Å²) in [7, 11) is 1.44. The van der Waals surface area contributed by atoms with Gasteiger partial charge < -0.3 is 25.8 Å². The first-order valence-electron chi connectivity index (χ1n) is 5.21. The first kappa shape index (κ1) is 14.2. The van der Waals surface area contributed by atoms with Crippen molar-refractivity contribution >= 4 is 5.91 Å². The molecule has 100 valence electrons. The maximum Gasteiger partial charge on any atom is 0.239 e. The molecule has 0 saturated heterocycles. The molecule has 0 aliphatic carbocycles. The van der Waals surface area contributed by atoms with E-state index in [2.05, 4.69) is 5.32 Å². The zero-order valence-corrected chi connectivity index (χ0v) is 9.83. The first-order chi connectivity index (χ1) is 8.47. The van der Waals surface area contributed by atoms with Crippen LogP contribution in [0.1, 0.15) is 5.56 Å². The SMILES string of the molecule is COc1cccc(O)c1CNC(C(N)=O)C(O)O. The van der Waals surface area contributed by atoms with Crippen molar-refractivity contribution in [3.05, 3.63) is 23.8 Å². The monoisotopic (exact) mass is 256 g/mol. The number of methoxy groups -OCH3 is 1. The summed E-state index contributed by atoms with van der Waals surface area (Å²) in [6.45, 7) is 0.00106. The Hall–Kier alpha value is -1.83. The van der Waals surface area contributed by atoms with Gasteiger partial charge in [-0.2, -0.15) is 0 Å². The van der Waals surface area contributed by atoms with E-state index in [0.717, 1.165) is 0 Å². The van der Waals surface area contributed by atoms with Crippen LogP contribution in [0.4, 0.5) is 0 Å². The smallest absolute Gasteiger partial charge is 0.239 e. The predicted octanol–water partition coefficient (Wildman–Crippen LogP) is -1.34. The van der Waals surface area contributed by atoms with Crippen molar-refractivity contribution in [3.63, 3.8) is 0 Å². The van der Waals surface area contributed by atoms with Crippen molar-refractivity contribution in [1.82, 2.24) is 5.32 Å². The topological polar surface area (TPSA) is 125 Å². The highest BCUT2D eigenvalue weighted by atomic mass is 16.5. The third-order valence-corrected chi connectivity index (χ3v) is 2.43. The van der Waals surface area contributed by atoms with Gasteiger partial charge >= 0.3 is 0 Å². The van der Waals surface area contributed by atoms with E-state index in [9.17, 15) is 9.90 Å². The molecule has 1 amide bonds. The summed E-state index contributed by atoms with van der Waals surface area (Å²) in [5.74, 6) is -0.518. The maximum absolute atomic E-state index is 10.9. The summed E-state index contributed by atoms with van der Waals surface area (Å²) in [5.41, 5.74) is 5.39. The quantitative estimate of drug-likeness (QED) is 0.401. The molecule has 0 radical (unpaired) electrons. The highest BCUT2D eigenvalue weighted by molar-refractivity contribution is 5.80. The lowest BCUT2D eigenvalue weighted by atomic mass is 10.1. The van der Waals surface area contributed by atoms with E-state index in [0.29, 0.717) is 11.3 Å². The molecule has 0 bridgehead atoms. The van der Waals surface area contributed by atoms with Crippen molar-refractivity contribution in [2.45, 2.75) is 18.9 Å². The Balaban J connectivity index is 2.82. The van der Waals surface area contributed by atoms with Crippen molar-refractivity contribution in [2.24, 2.45) is 5.73 Å². The second kappa shape index (κ2) is 6.20. The molecular weight excluding hydrogens is 240 g/mol. The van der Waals surface area contributed by atoms with Crippen LogP contribution in [0.3, 0.4) is 0 Å². The molecule has 0 fully saturated rings. The number of rotatable bonds is 6. The fourth-order valence-electron chi connectivity index (χ4n) is 1.49. The normalized spacial score (nSPS) is 12.4. The Kier molecular flexibility index (Phi) is 4.90. The Morgan fingerprint density at radius 2 is 2.17 bits per heavy atom. The first-order valence-corrected chi connectivity index (χ1v) is 5.21. The number of ether oxygens (including phenoxy) is 1. The van der Waals surface area contributed by atoms with Crippen LogP contribution in [0.2, 0.25) is 0 Å². The number of phenols is 1. The zero-order valence-electron chi connectivity index (χ0n) is 9.83. The number of carbonyl (C=O) groups is 1. The van der Waals surface area contributed by atoms with Gasteiger partial charge in [0.1, 0.15) is 17.5 Å². The Morgan fingerprint density at radius 3 is 2.67 bits per heavy atom. The molecule has 0 aliphatic heterocycles. The number of primary amides is 1. The minimum absolute atomic E-state index is 0.00106. The van der Waals surface area contributed by atoms with Gasteiger partial charge in [0.2, 0.25) is 5.91 Å². The van der Waals surface area contributed by atoms with Gasteiger partial charge in [-0.05, 0) is 12.1 Å². The Labute approximate surface area is 104 Å². The molecule has 0 heterocycles. The summed E-state index contributed by atoms with van der Waals surface area (Å²) in [5, 5.41) is 30.1. The zero-order chi connectivity index (χ0) is 13.7. The van der Waals surface area contributed by atoms with Gasteiger partial charge in [0.25, 0.3) is 0 Å². The Bertz CT molecular complexity index is 422. The van der Waals surface area contributed by atoms with Gasteiger partial charge in [0.15, 0.2) is 6.29 Å². The van der Waals surface area contributed by atoms with E-state index >= 15 is 0 Å². The number of hydrogen-bond donors (Lipinski definition) is 5. The van der Waals surface area contributed by atoms with Gasteiger partial charge in [-0.1, -0.05) is 6.07 Å². The maximum atomic E-state index is 10.9. The lowest BCUT2D eigenvalue weighted by Crippen LogP contribution is -2.49. The number of carbonyl (C=O) groups excluding carboxylic acids is 1. The molecule has 1 unspecified atom stereocenters. The summed E-state index contributed by atoms with van der Waals surface area (Å²) in [6.07, 6.45) is -1.92. The number of aliphatic hydroxyl groups excluding tert-OH is 1. The molecular formula is C11H16N2O5. The number of aromatic hydroxyl groups is 1.